The van der Waals surface area contributed by atoms with Gasteiger partial charge < -0.3 is 10.1 Å². The number of nitrogens with one attached hydrogen (secondary N) is 1. The molecule has 1 fully saturated rings. The summed E-state index contributed by atoms with van der Waals surface area (Å²) in [6.45, 7) is 10.3. The van der Waals surface area contributed by atoms with Gasteiger partial charge in [-0.15, -0.1) is 0 Å². The molecule has 0 saturated carbocycles. The van der Waals surface area contributed by atoms with Gasteiger partial charge in [-0.3, -0.25) is 4.90 Å². The molecule has 0 aromatic heterocycles. The van der Waals surface area contributed by atoms with E-state index in [1.165, 1.54) is 5.56 Å². The van der Waals surface area contributed by atoms with Crippen molar-refractivity contribution < 1.29 is 4.74 Å². The van der Waals surface area contributed by atoms with Gasteiger partial charge in [0.05, 0.1) is 13.2 Å². The summed E-state index contributed by atoms with van der Waals surface area (Å²) in [5, 5.41) is 3.56. The van der Waals surface area contributed by atoms with Crippen LogP contribution in [0.5, 0.6) is 0 Å². The van der Waals surface area contributed by atoms with Gasteiger partial charge in [0.25, 0.3) is 0 Å². The number of morpholine rings is 1. The first-order valence-electron chi connectivity index (χ1n) is 6.86. The van der Waals surface area contributed by atoms with Gasteiger partial charge in [0, 0.05) is 36.2 Å². The molecule has 1 aromatic carbocycles. The van der Waals surface area contributed by atoms with Gasteiger partial charge in [0.1, 0.15) is 0 Å². The summed E-state index contributed by atoms with van der Waals surface area (Å²) in [5.41, 5.74) is 1.49. The zero-order chi connectivity index (χ0) is 13.7. The van der Waals surface area contributed by atoms with E-state index in [2.05, 4.69) is 64.3 Å². The van der Waals surface area contributed by atoms with Crippen LogP contribution in [0.4, 0.5) is 0 Å². The molecule has 1 aromatic rings. The Morgan fingerprint density at radius 1 is 1.32 bits per heavy atom. The van der Waals surface area contributed by atoms with E-state index in [0.717, 1.165) is 43.9 Å². The van der Waals surface area contributed by atoms with E-state index in [9.17, 15) is 0 Å². The number of hydrogen-bond acceptors (Lipinski definition) is 3. The van der Waals surface area contributed by atoms with Crippen LogP contribution in [0.3, 0.4) is 0 Å². The Morgan fingerprint density at radius 2 is 2.05 bits per heavy atom. The predicted molar refractivity (Wildman–Crippen MR) is 82.3 cm³/mol. The molecule has 1 aliphatic rings. The largest absolute Gasteiger partial charge is 0.379 e. The van der Waals surface area contributed by atoms with Crippen molar-refractivity contribution in [2.45, 2.75) is 25.9 Å². The normalized spacial score (nSPS) is 17.6. The van der Waals surface area contributed by atoms with E-state index in [1.807, 2.05) is 0 Å². The van der Waals surface area contributed by atoms with Crippen molar-refractivity contribution in [1.82, 2.24) is 10.2 Å². The molecule has 0 aliphatic carbocycles. The first-order chi connectivity index (χ1) is 9.08. The zero-order valence-corrected chi connectivity index (χ0v) is 13.4. The van der Waals surface area contributed by atoms with Crippen LogP contribution < -0.4 is 5.32 Å². The lowest BCUT2D eigenvalue weighted by Crippen LogP contribution is -2.54. The summed E-state index contributed by atoms with van der Waals surface area (Å²) in [5.74, 6) is 0. The van der Waals surface area contributed by atoms with Crippen molar-refractivity contribution in [2.75, 3.05) is 32.8 Å². The Balaban J connectivity index is 1.80. The molecule has 0 unspecified atom stereocenters. The monoisotopic (exact) mass is 326 g/mol. The zero-order valence-electron chi connectivity index (χ0n) is 11.8. The third kappa shape index (κ3) is 4.56. The molecule has 19 heavy (non-hydrogen) atoms. The van der Waals surface area contributed by atoms with E-state index in [0.29, 0.717) is 0 Å². The number of rotatable bonds is 5. The van der Waals surface area contributed by atoms with Crippen molar-refractivity contribution in [3.8, 4) is 0 Å². The molecule has 1 N–H and O–H groups in total. The Morgan fingerprint density at radius 3 is 2.74 bits per heavy atom. The molecule has 0 amide bonds. The summed E-state index contributed by atoms with van der Waals surface area (Å²) >= 11 is 3.51. The Hall–Kier alpha value is -0.420. The van der Waals surface area contributed by atoms with Gasteiger partial charge in [-0.05, 0) is 31.5 Å². The van der Waals surface area contributed by atoms with Crippen LogP contribution >= 0.6 is 15.9 Å². The van der Waals surface area contributed by atoms with Crippen molar-refractivity contribution >= 4 is 15.9 Å². The second-order valence-corrected chi connectivity index (χ2v) is 6.56. The average molecular weight is 327 g/mol. The lowest BCUT2D eigenvalue weighted by Gasteiger charge is -2.41. The molecule has 1 heterocycles. The first-order valence-corrected chi connectivity index (χ1v) is 7.65. The second-order valence-electron chi connectivity index (χ2n) is 5.65. The van der Waals surface area contributed by atoms with Crippen LogP contribution in [-0.4, -0.2) is 43.3 Å². The lowest BCUT2D eigenvalue weighted by molar-refractivity contribution is -0.00966. The molecular formula is C15H23BrN2O. The minimum absolute atomic E-state index is 0.176. The molecule has 2 rings (SSSR count). The van der Waals surface area contributed by atoms with Gasteiger partial charge in [0.15, 0.2) is 0 Å². The SMILES string of the molecule is CC(C)(CNCc1cccc(Br)c1)N1CCOCC1. The van der Waals surface area contributed by atoms with Gasteiger partial charge in [-0.25, -0.2) is 0 Å². The molecular weight excluding hydrogens is 304 g/mol. The maximum Gasteiger partial charge on any atom is 0.0594 e. The third-order valence-electron chi connectivity index (χ3n) is 3.64. The van der Waals surface area contributed by atoms with E-state index >= 15 is 0 Å². The first kappa shape index (κ1) is 15.0. The molecule has 1 saturated heterocycles. The molecule has 0 bridgehead atoms. The van der Waals surface area contributed by atoms with Gasteiger partial charge >= 0.3 is 0 Å². The molecule has 0 radical (unpaired) electrons. The fraction of sp³-hybridized carbons (Fsp3) is 0.600. The minimum atomic E-state index is 0.176. The molecule has 0 atom stereocenters. The number of hydrogen-bond donors (Lipinski definition) is 1. The van der Waals surface area contributed by atoms with Crippen LogP contribution in [-0.2, 0) is 11.3 Å². The fourth-order valence-electron chi connectivity index (χ4n) is 2.44. The Bertz CT molecular complexity index is 403. The number of halogens is 1. The smallest absolute Gasteiger partial charge is 0.0594 e. The van der Waals surface area contributed by atoms with Crippen LogP contribution in [0.15, 0.2) is 28.7 Å². The second kappa shape index (κ2) is 6.84. The standard InChI is InChI=1S/C15H23BrN2O/c1-15(2,18-6-8-19-9-7-18)12-17-11-13-4-3-5-14(16)10-13/h3-5,10,17H,6-9,11-12H2,1-2H3. The number of ether oxygens (including phenoxy) is 1. The maximum atomic E-state index is 5.41. The molecule has 0 spiro atoms. The summed E-state index contributed by atoms with van der Waals surface area (Å²) in [6, 6.07) is 8.45. The van der Waals surface area contributed by atoms with Crippen LogP contribution in [0.25, 0.3) is 0 Å². The van der Waals surface area contributed by atoms with Gasteiger partial charge in [-0.1, -0.05) is 28.1 Å². The van der Waals surface area contributed by atoms with Crippen LogP contribution in [0, 0.1) is 0 Å². The number of nitrogens with zero attached hydrogens (tertiary/aromatic N) is 1. The highest BCUT2D eigenvalue weighted by Gasteiger charge is 2.27. The Labute approximate surface area is 124 Å². The third-order valence-corrected chi connectivity index (χ3v) is 4.14. The van der Waals surface area contributed by atoms with E-state index in [4.69, 9.17) is 4.74 Å². The minimum Gasteiger partial charge on any atom is -0.379 e. The van der Waals surface area contributed by atoms with E-state index in [-0.39, 0.29) is 5.54 Å². The molecule has 3 nitrogen and oxygen atoms in total. The van der Waals surface area contributed by atoms with E-state index < -0.39 is 0 Å². The predicted octanol–water partition coefficient (Wildman–Crippen LogP) is 2.65. The molecule has 1 aliphatic heterocycles. The fourth-order valence-corrected chi connectivity index (χ4v) is 2.89. The highest BCUT2D eigenvalue weighted by Crippen LogP contribution is 2.16. The summed E-state index contributed by atoms with van der Waals surface area (Å²) in [4.78, 5) is 2.50. The highest BCUT2D eigenvalue weighted by atomic mass is 79.9. The summed E-state index contributed by atoms with van der Waals surface area (Å²) in [6.07, 6.45) is 0. The van der Waals surface area contributed by atoms with Crippen molar-refractivity contribution in [1.29, 1.82) is 0 Å². The van der Waals surface area contributed by atoms with Crippen LogP contribution in [0.1, 0.15) is 19.4 Å². The molecule has 106 valence electrons. The van der Waals surface area contributed by atoms with Crippen LogP contribution in [0.2, 0.25) is 0 Å². The van der Waals surface area contributed by atoms with Gasteiger partial charge in [0.2, 0.25) is 0 Å². The van der Waals surface area contributed by atoms with Crippen molar-refractivity contribution in [3.05, 3.63) is 34.3 Å². The highest BCUT2D eigenvalue weighted by molar-refractivity contribution is 9.10. The lowest BCUT2D eigenvalue weighted by atomic mass is 10.0. The molecule has 4 heteroatoms. The quantitative estimate of drug-likeness (QED) is 0.900. The van der Waals surface area contributed by atoms with E-state index in [1.54, 1.807) is 0 Å². The van der Waals surface area contributed by atoms with Crippen molar-refractivity contribution in [3.63, 3.8) is 0 Å². The topological polar surface area (TPSA) is 24.5 Å². The van der Waals surface area contributed by atoms with Crippen molar-refractivity contribution in [2.24, 2.45) is 0 Å². The maximum absolute atomic E-state index is 5.41. The summed E-state index contributed by atoms with van der Waals surface area (Å²) in [7, 11) is 0. The Kier molecular flexibility index (Phi) is 5.39. The number of benzene rings is 1. The van der Waals surface area contributed by atoms with Gasteiger partial charge in [-0.2, -0.15) is 0 Å². The average Bonchev–Trinajstić information content (AvgIpc) is 2.40. The summed E-state index contributed by atoms with van der Waals surface area (Å²) < 4.78 is 6.55.